The Balaban J connectivity index is 3.66. The largest absolute Gasteiger partial charge is 0.416 e. The summed E-state index contributed by atoms with van der Waals surface area (Å²) in [5, 5.41) is 0. The minimum absolute atomic E-state index is 0.121. The third-order valence-corrected chi connectivity index (χ3v) is 2.38. The summed E-state index contributed by atoms with van der Waals surface area (Å²) in [6.45, 7) is 0. The van der Waals surface area contributed by atoms with Crippen LogP contribution in [-0.4, -0.2) is 6.18 Å². The Morgan fingerprint density at radius 3 is 1.35 bits per heavy atom. The molecule has 0 fully saturated rings. The monoisotopic (exact) mass is 311 g/mol. The van der Waals surface area contributed by atoms with Gasteiger partial charge in [-0.15, -0.1) is 0 Å². The van der Waals surface area contributed by atoms with Crippen molar-refractivity contribution in [3.63, 3.8) is 0 Å². The van der Waals surface area contributed by atoms with Gasteiger partial charge in [-0.05, 0) is 12.1 Å². The van der Waals surface area contributed by atoms with E-state index >= 15 is 0 Å². The van der Waals surface area contributed by atoms with Gasteiger partial charge in [-0.3, -0.25) is 0 Å². The van der Waals surface area contributed by atoms with Crippen molar-refractivity contribution in [2.45, 2.75) is 24.6 Å². The minimum atomic E-state index is -5.44. The van der Waals surface area contributed by atoms with Crippen LogP contribution < -0.4 is 5.73 Å². The molecule has 0 aliphatic heterocycles. The van der Waals surface area contributed by atoms with Gasteiger partial charge in [0.25, 0.3) is 0 Å². The third-order valence-electron chi connectivity index (χ3n) is 2.38. The highest BCUT2D eigenvalue weighted by Crippen LogP contribution is 2.45. The van der Waals surface area contributed by atoms with Crippen LogP contribution in [0.1, 0.15) is 22.7 Å². The van der Waals surface area contributed by atoms with Crippen molar-refractivity contribution >= 4 is 0 Å². The van der Waals surface area contributed by atoms with Crippen molar-refractivity contribution in [1.82, 2.24) is 0 Å². The number of alkyl halides is 9. The highest BCUT2D eigenvalue weighted by atomic mass is 19.4. The van der Waals surface area contributed by atoms with Gasteiger partial charge in [0.1, 0.15) is 6.04 Å². The van der Waals surface area contributed by atoms with Gasteiger partial charge >= 0.3 is 18.5 Å². The molecule has 114 valence electrons. The number of hydrogen-bond donors (Lipinski definition) is 1. The van der Waals surface area contributed by atoms with Gasteiger partial charge < -0.3 is 5.73 Å². The van der Waals surface area contributed by atoms with E-state index < -0.39 is 41.3 Å². The predicted molar refractivity (Wildman–Crippen MR) is 49.4 cm³/mol. The molecule has 2 N–H and O–H groups in total. The summed E-state index contributed by atoms with van der Waals surface area (Å²) in [5.74, 6) is 0. The van der Waals surface area contributed by atoms with Crippen LogP contribution in [0.15, 0.2) is 18.2 Å². The number of nitrogens with two attached hydrogens (primary N) is 1. The first-order valence-electron chi connectivity index (χ1n) is 4.86. The Morgan fingerprint density at radius 2 is 1.10 bits per heavy atom. The highest BCUT2D eigenvalue weighted by Gasteiger charge is 2.48. The molecule has 1 atom stereocenters. The lowest BCUT2D eigenvalue weighted by atomic mass is 9.94. The van der Waals surface area contributed by atoms with Crippen molar-refractivity contribution in [3.8, 4) is 0 Å². The fourth-order valence-corrected chi connectivity index (χ4v) is 1.56. The molecule has 1 aromatic carbocycles. The molecule has 0 aliphatic carbocycles. The average molecular weight is 311 g/mol. The Labute approximate surface area is 106 Å². The molecule has 0 spiro atoms. The van der Waals surface area contributed by atoms with Crippen LogP contribution in [0.3, 0.4) is 0 Å². The minimum Gasteiger partial charge on any atom is -0.316 e. The molecule has 20 heavy (non-hydrogen) atoms. The maximum Gasteiger partial charge on any atom is 0.416 e. The molecule has 0 radical (unpaired) electrons. The lowest BCUT2D eigenvalue weighted by Gasteiger charge is -2.24. The molecule has 1 aromatic rings. The molecular weight excluding hydrogens is 305 g/mol. The fraction of sp³-hybridized carbons (Fsp3) is 0.400. The number of hydrogen-bond acceptors (Lipinski definition) is 1. The van der Waals surface area contributed by atoms with E-state index in [4.69, 9.17) is 0 Å². The van der Waals surface area contributed by atoms with Gasteiger partial charge in [0, 0.05) is 5.56 Å². The van der Waals surface area contributed by atoms with E-state index in [1.165, 1.54) is 0 Å². The smallest absolute Gasteiger partial charge is 0.316 e. The number of benzene rings is 1. The molecule has 0 saturated heterocycles. The first-order valence-corrected chi connectivity index (χ1v) is 4.86. The summed E-state index contributed by atoms with van der Waals surface area (Å²) >= 11 is 0. The van der Waals surface area contributed by atoms with E-state index in [0.717, 1.165) is 0 Å². The molecule has 1 nitrogen and oxygen atoms in total. The van der Waals surface area contributed by atoms with Crippen molar-refractivity contribution in [2.75, 3.05) is 0 Å². The summed E-state index contributed by atoms with van der Waals surface area (Å²) in [4.78, 5) is 0. The zero-order valence-electron chi connectivity index (χ0n) is 9.29. The van der Waals surface area contributed by atoms with Gasteiger partial charge in [-0.25, -0.2) is 0 Å². The average Bonchev–Trinajstić information content (AvgIpc) is 2.23. The molecule has 0 aromatic heterocycles. The van der Waals surface area contributed by atoms with Crippen LogP contribution in [0.4, 0.5) is 39.5 Å². The van der Waals surface area contributed by atoms with E-state index in [0.29, 0.717) is 6.07 Å². The summed E-state index contributed by atoms with van der Waals surface area (Å²) in [6, 6.07) is -2.78. The SMILES string of the molecule is N[C@H](c1c(C(F)(F)F)cccc1C(F)(F)F)C(F)(F)F. The van der Waals surface area contributed by atoms with E-state index in [1.807, 2.05) is 0 Å². The Hall–Kier alpha value is -1.45. The topological polar surface area (TPSA) is 26.0 Å². The molecular formula is C10H6F9N. The van der Waals surface area contributed by atoms with Crippen LogP contribution >= 0.6 is 0 Å². The van der Waals surface area contributed by atoms with Crippen LogP contribution in [0.2, 0.25) is 0 Å². The van der Waals surface area contributed by atoms with E-state index in [-0.39, 0.29) is 12.1 Å². The second-order valence-corrected chi connectivity index (χ2v) is 3.78. The van der Waals surface area contributed by atoms with Crippen molar-refractivity contribution in [3.05, 3.63) is 34.9 Å². The van der Waals surface area contributed by atoms with Gasteiger partial charge in [0.05, 0.1) is 11.1 Å². The molecule has 0 amide bonds. The van der Waals surface area contributed by atoms with Crippen LogP contribution in [0, 0.1) is 0 Å². The third kappa shape index (κ3) is 3.35. The quantitative estimate of drug-likeness (QED) is 0.770. The van der Waals surface area contributed by atoms with Crippen molar-refractivity contribution in [1.29, 1.82) is 0 Å². The van der Waals surface area contributed by atoms with Gasteiger partial charge in [-0.2, -0.15) is 39.5 Å². The standard InChI is InChI=1S/C10H6F9N/c11-8(12,13)4-2-1-3-5(9(14,15)16)6(4)7(20)10(17,18)19/h1-3,7H,20H2/t7-/m1/s1. The fourth-order valence-electron chi connectivity index (χ4n) is 1.56. The van der Waals surface area contributed by atoms with Gasteiger partial charge in [-0.1, -0.05) is 6.07 Å². The first kappa shape index (κ1) is 16.6. The Kier molecular flexibility index (Phi) is 4.01. The zero-order valence-corrected chi connectivity index (χ0v) is 9.29. The first-order chi connectivity index (χ1) is 8.76. The van der Waals surface area contributed by atoms with Crippen LogP contribution in [-0.2, 0) is 12.4 Å². The highest BCUT2D eigenvalue weighted by molar-refractivity contribution is 5.41. The number of rotatable bonds is 1. The van der Waals surface area contributed by atoms with E-state index in [1.54, 1.807) is 0 Å². The Morgan fingerprint density at radius 1 is 0.750 bits per heavy atom. The molecule has 0 bridgehead atoms. The lowest BCUT2D eigenvalue weighted by Crippen LogP contribution is -2.33. The Bertz CT molecular complexity index is 451. The summed E-state index contributed by atoms with van der Waals surface area (Å²) in [5.41, 5.74) is -1.60. The predicted octanol–water partition coefficient (Wildman–Crippen LogP) is 4.29. The maximum absolute atomic E-state index is 12.6. The molecule has 1 rings (SSSR count). The molecule has 0 unspecified atom stereocenters. The summed E-state index contributed by atoms with van der Waals surface area (Å²) in [6.07, 6.45) is -16.2. The summed E-state index contributed by atoms with van der Waals surface area (Å²) in [7, 11) is 0. The second-order valence-electron chi connectivity index (χ2n) is 3.78. The van der Waals surface area contributed by atoms with E-state index in [2.05, 4.69) is 5.73 Å². The number of halogens is 9. The van der Waals surface area contributed by atoms with Crippen molar-refractivity contribution < 1.29 is 39.5 Å². The maximum atomic E-state index is 12.6. The van der Waals surface area contributed by atoms with Crippen LogP contribution in [0.25, 0.3) is 0 Å². The second kappa shape index (κ2) is 4.83. The lowest BCUT2D eigenvalue weighted by molar-refractivity contribution is -0.161. The van der Waals surface area contributed by atoms with Crippen molar-refractivity contribution in [2.24, 2.45) is 5.73 Å². The zero-order chi connectivity index (χ0) is 15.9. The normalized spacial score (nSPS) is 15.3. The molecule has 10 heteroatoms. The molecule has 0 saturated carbocycles. The van der Waals surface area contributed by atoms with E-state index in [9.17, 15) is 39.5 Å². The van der Waals surface area contributed by atoms with Gasteiger partial charge in [0.15, 0.2) is 0 Å². The summed E-state index contributed by atoms with van der Waals surface area (Å²) < 4.78 is 113. The molecule has 0 aliphatic rings. The molecule has 0 heterocycles. The van der Waals surface area contributed by atoms with Gasteiger partial charge in [0.2, 0.25) is 0 Å². The van der Waals surface area contributed by atoms with Crippen LogP contribution in [0.5, 0.6) is 0 Å².